The summed E-state index contributed by atoms with van der Waals surface area (Å²) in [5, 5.41) is 3.15. The SMILES string of the molecule is CC[C@@H](C(=O)NC1CCCCC1)N(Cc1ccc(C)cc1)C(=O)CN(c1ccc(OC)cc1OC)S(C)(=O)=O. The van der Waals surface area contributed by atoms with Gasteiger partial charge in [-0.15, -0.1) is 0 Å². The van der Waals surface area contributed by atoms with E-state index in [1.807, 2.05) is 38.1 Å². The Labute approximate surface area is 232 Å². The molecule has 3 rings (SSSR count). The molecular weight excluding hydrogens is 518 g/mol. The first-order chi connectivity index (χ1) is 18.6. The third-order valence-corrected chi connectivity index (χ3v) is 8.27. The quantitative estimate of drug-likeness (QED) is 0.421. The second-order valence-corrected chi connectivity index (χ2v) is 12.0. The molecule has 1 N–H and O–H groups in total. The van der Waals surface area contributed by atoms with Gasteiger partial charge in [0.2, 0.25) is 21.8 Å². The molecule has 0 aliphatic heterocycles. The van der Waals surface area contributed by atoms with Crippen molar-refractivity contribution in [2.24, 2.45) is 0 Å². The van der Waals surface area contributed by atoms with Gasteiger partial charge < -0.3 is 19.7 Å². The van der Waals surface area contributed by atoms with E-state index in [0.29, 0.717) is 12.2 Å². The van der Waals surface area contributed by atoms with Gasteiger partial charge in [0.05, 0.1) is 26.2 Å². The lowest BCUT2D eigenvalue weighted by atomic mass is 9.95. The van der Waals surface area contributed by atoms with E-state index in [1.54, 1.807) is 18.2 Å². The molecule has 10 heteroatoms. The molecule has 9 nitrogen and oxygen atoms in total. The van der Waals surface area contributed by atoms with Crippen molar-refractivity contribution in [3.63, 3.8) is 0 Å². The van der Waals surface area contributed by atoms with Crippen molar-refractivity contribution in [1.82, 2.24) is 10.2 Å². The predicted molar refractivity (Wildman–Crippen MR) is 153 cm³/mol. The average molecular weight is 560 g/mol. The maximum absolute atomic E-state index is 13.9. The normalized spacial score (nSPS) is 14.8. The van der Waals surface area contributed by atoms with E-state index in [0.717, 1.165) is 53.8 Å². The molecule has 0 radical (unpaired) electrons. The van der Waals surface area contributed by atoms with Crippen LogP contribution in [0.2, 0.25) is 0 Å². The summed E-state index contributed by atoms with van der Waals surface area (Å²) < 4.78 is 37.5. The number of methoxy groups -OCH3 is 2. The van der Waals surface area contributed by atoms with Crippen LogP contribution in [0.5, 0.6) is 11.5 Å². The Kier molecular flexibility index (Phi) is 10.6. The van der Waals surface area contributed by atoms with Gasteiger partial charge in [0.25, 0.3) is 0 Å². The minimum atomic E-state index is -3.89. The van der Waals surface area contributed by atoms with Gasteiger partial charge in [-0.25, -0.2) is 8.42 Å². The molecule has 1 saturated carbocycles. The van der Waals surface area contributed by atoms with Crippen molar-refractivity contribution in [1.29, 1.82) is 0 Å². The topological polar surface area (TPSA) is 105 Å². The van der Waals surface area contributed by atoms with Gasteiger partial charge in [0.1, 0.15) is 24.1 Å². The highest BCUT2D eigenvalue weighted by Crippen LogP contribution is 2.34. The number of nitrogens with zero attached hydrogens (tertiary/aromatic N) is 2. The molecule has 39 heavy (non-hydrogen) atoms. The average Bonchev–Trinajstić information content (AvgIpc) is 2.92. The fraction of sp³-hybridized carbons (Fsp3) is 0.517. The number of sulfonamides is 1. The number of carbonyl (C=O) groups is 2. The Morgan fingerprint density at radius 2 is 1.69 bits per heavy atom. The molecular formula is C29H41N3O6S. The van der Waals surface area contributed by atoms with Crippen molar-refractivity contribution < 1.29 is 27.5 Å². The van der Waals surface area contributed by atoms with Crippen LogP contribution in [0.4, 0.5) is 5.69 Å². The monoisotopic (exact) mass is 559 g/mol. The first-order valence-corrected chi connectivity index (χ1v) is 15.3. The van der Waals surface area contributed by atoms with Crippen LogP contribution in [0.15, 0.2) is 42.5 Å². The second-order valence-electron chi connectivity index (χ2n) is 10.1. The van der Waals surface area contributed by atoms with Crippen LogP contribution < -0.4 is 19.1 Å². The van der Waals surface area contributed by atoms with Crippen molar-refractivity contribution >= 4 is 27.5 Å². The maximum Gasteiger partial charge on any atom is 0.244 e. The van der Waals surface area contributed by atoms with Crippen LogP contribution in [0.25, 0.3) is 0 Å². The minimum absolute atomic E-state index is 0.0905. The van der Waals surface area contributed by atoms with Crippen molar-refractivity contribution in [2.45, 2.75) is 71.0 Å². The van der Waals surface area contributed by atoms with Crippen LogP contribution in [-0.4, -0.2) is 64.2 Å². The lowest BCUT2D eigenvalue weighted by Crippen LogP contribution is -2.54. The molecule has 1 aliphatic carbocycles. The van der Waals surface area contributed by atoms with Gasteiger partial charge in [-0.2, -0.15) is 0 Å². The number of amides is 2. The second kappa shape index (κ2) is 13.7. The number of nitrogens with one attached hydrogen (secondary N) is 1. The summed E-state index contributed by atoms with van der Waals surface area (Å²) in [4.78, 5) is 28.9. The van der Waals surface area contributed by atoms with E-state index >= 15 is 0 Å². The number of aryl methyl sites for hydroxylation is 1. The number of ether oxygens (including phenoxy) is 2. The molecule has 2 aromatic carbocycles. The largest absolute Gasteiger partial charge is 0.497 e. The van der Waals surface area contributed by atoms with Gasteiger partial charge in [0, 0.05) is 18.7 Å². The first kappa shape index (κ1) is 30.3. The molecule has 0 unspecified atom stereocenters. The molecule has 214 valence electrons. The molecule has 0 heterocycles. The highest BCUT2D eigenvalue weighted by atomic mass is 32.2. The molecule has 1 fully saturated rings. The number of benzene rings is 2. The Bertz CT molecular complexity index is 1230. The summed E-state index contributed by atoms with van der Waals surface area (Å²) >= 11 is 0. The number of hydrogen-bond acceptors (Lipinski definition) is 6. The smallest absolute Gasteiger partial charge is 0.244 e. The summed E-state index contributed by atoms with van der Waals surface area (Å²) in [6.07, 6.45) is 6.59. The summed E-state index contributed by atoms with van der Waals surface area (Å²) in [6, 6.07) is 11.8. The minimum Gasteiger partial charge on any atom is -0.497 e. The molecule has 1 aliphatic rings. The summed E-state index contributed by atoms with van der Waals surface area (Å²) in [7, 11) is -0.966. The summed E-state index contributed by atoms with van der Waals surface area (Å²) in [5.74, 6) is 0.0452. The van der Waals surface area contributed by atoms with Gasteiger partial charge in [-0.05, 0) is 43.9 Å². The maximum atomic E-state index is 13.9. The molecule has 0 spiro atoms. The van der Waals surface area contributed by atoms with Crippen molar-refractivity contribution in [3.05, 3.63) is 53.6 Å². The Morgan fingerprint density at radius 3 is 2.26 bits per heavy atom. The zero-order chi connectivity index (χ0) is 28.6. The highest BCUT2D eigenvalue weighted by Gasteiger charge is 2.33. The lowest BCUT2D eigenvalue weighted by Gasteiger charge is -2.34. The fourth-order valence-electron chi connectivity index (χ4n) is 4.94. The zero-order valence-corrected chi connectivity index (χ0v) is 24.4. The van der Waals surface area contributed by atoms with E-state index in [1.165, 1.54) is 19.1 Å². The fourth-order valence-corrected chi connectivity index (χ4v) is 5.79. The van der Waals surface area contributed by atoms with Crippen LogP contribution in [-0.2, 0) is 26.2 Å². The van der Waals surface area contributed by atoms with Gasteiger partial charge in [0.15, 0.2) is 0 Å². The highest BCUT2D eigenvalue weighted by molar-refractivity contribution is 7.92. The Hall–Kier alpha value is -3.27. The molecule has 2 aromatic rings. The summed E-state index contributed by atoms with van der Waals surface area (Å²) in [6.45, 7) is 3.53. The van der Waals surface area contributed by atoms with Crippen molar-refractivity contribution in [3.8, 4) is 11.5 Å². The molecule has 0 bridgehead atoms. The van der Waals surface area contributed by atoms with Gasteiger partial charge in [-0.3, -0.25) is 13.9 Å². The number of carbonyl (C=O) groups excluding carboxylic acids is 2. The van der Waals surface area contributed by atoms with E-state index in [9.17, 15) is 18.0 Å². The van der Waals surface area contributed by atoms with E-state index in [4.69, 9.17) is 9.47 Å². The Balaban J connectivity index is 1.95. The zero-order valence-electron chi connectivity index (χ0n) is 23.6. The summed E-state index contributed by atoms with van der Waals surface area (Å²) in [5.41, 5.74) is 2.14. The van der Waals surface area contributed by atoms with E-state index in [2.05, 4.69) is 5.32 Å². The number of rotatable bonds is 12. The van der Waals surface area contributed by atoms with Gasteiger partial charge >= 0.3 is 0 Å². The van der Waals surface area contributed by atoms with Crippen LogP contribution in [0.1, 0.15) is 56.6 Å². The predicted octanol–water partition coefficient (Wildman–Crippen LogP) is 4.03. The Morgan fingerprint density at radius 1 is 1.03 bits per heavy atom. The third-order valence-electron chi connectivity index (χ3n) is 7.15. The third kappa shape index (κ3) is 8.11. The number of hydrogen-bond donors (Lipinski definition) is 1. The molecule has 2 amide bonds. The van der Waals surface area contributed by atoms with E-state index in [-0.39, 0.29) is 29.9 Å². The molecule has 1 atom stereocenters. The van der Waals surface area contributed by atoms with Crippen LogP contribution >= 0.6 is 0 Å². The lowest BCUT2D eigenvalue weighted by molar-refractivity contribution is -0.140. The van der Waals surface area contributed by atoms with Crippen molar-refractivity contribution in [2.75, 3.05) is 31.3 Å². The van der Waals surface area contributed by atoms with Gasteiger partial charge in [-0.1, -0.05) is 56.0 Å². The van der Waals surface area contributed by atoms with Crippen LogP contribution in [0, 0.1) is 6.92 Å². The standard InChI is InChI=1S/C29H41N3O6S/c1-6-25(29(34)30-23-10-8-7-9-11-23)31(19-22-14-12-21(2)13-15-22)28(33)20-32(39(5,35)36)26-17-16-24(37-3)18-27(26)38-4/h12-18,23,25H,6-11,19-20H2,1-5H3,(H,30,34)/t25-/m0/s1. The van der Waals surface area contributed by atoms with Crippen LogP contribution in [0.3, 0.4) is 0 Å². The first-order valence-electron chi connectivity index (χ1n) is 13.4. The van der Waals surface area contributed by atoms with E-state index < -0.39 is 28.5 Å². The molecule has 0 saturated heterocycles. The molecule has 0 aromatic heterocycles. The number of anilines is 1.